The largest absolute Gasteiger partial charge is 0.292 e. The molecule has 0 spiro atoms. The van der Waals surface area contributed by atoms with E-state index in [9.17, 15) is 4.39 Å². The van der Waals surface area contributed by atoms with E-state index in [1.54, 1.807) is 0 Å². The second-order valence-corrected chi connectivity index (χ2v) is 6.43. The van der Waals surface area contributed by atoms with Crippen LogP contribution in [0.1, 0.15) is 16.7 Å². The van der Waals surface area contributed by atoms with Crippen molar-refractivity contribution in [3.8, 4) is 0 Å². The lowest BCUT2D eigenvalue weighted by Gasteiger charge is -2.24. The summed E-state index contributed by atoms with van der Waals surface area (Å²) < 4.78 is 14.7. The Labute approximate surface area is 149 Å². The molecule has 0 aromatic heterocycles. The molecule has 0 amide bonds. The number of halogens is 1. The van der Waals surface area contributed by atoms with Crippen molar-refractivity contribution in [2.24, 2.45) is 0 Å². The van der Waals surface area contributed by atoms with Crippen LogP contribution in [0.15, 0.2) is 91.0 Å². The third-order valence-corrected chi connectivity index (χ3v) is 4.25. The summed E-state index contributed by atoms with van der Waals surface area (Å²) in [6, 6.07) is 30.4. The summed E-state index contributed by atoms with van der Waals surface area (Å²) in [6.07, 6.45) is -0.421. The number of hydrogen-bond acceptors (Lipinski definition) is 1. The molecular weight excluding hydrogens is 309 g/mol. The minimum atomic E-state index is -0.880. The molecule has 0 radical (unpaired) electrons. The highest BCUT2D eigenvalue weighted by Gasteiger charge is 2.15. The summed E-state index contributed by atoms with van der Waals surface area (Å²) in [6.45, 7) is 1.94. The highest BCUT2D eigenvalue weighted by Crippen LogP contribution is 2.14. The summed E-state index contributed by atoms with van der Waals surface area (Å²) in [5.74, 6) is 0. The molecule has 0 aliphatic rings. The predicted octanol–water partition coefficient (Wildman–Crippen LogP) is 5.27. The van der Waals surface area contributed by atoms with Gasteiger partial charge in [0, 0.05) is 26.1 Å². The molecule has 128 valence electrons. The van der Waals surface area contributed by atoms with Gasteiger partial charge in [-0.05, 0) is 16.7 Å². The van der Waals surface area contributed by atoms with E-state index in [-0.39, 0.29) is 0 Å². The Balaban J connectivity index is 1.66. The second kappa shape index (κ2) is 9.14. The van der Waals surface area contributed by atoms with Crippen LogP contribution in [-0.4, -0.2) is 17.6 Å². The van der Waals surface area contributed by atoms with E-state index in [0.29, 0.717) is 13.0 Å². The molecule has 0 aliphatic heterocycles. The van der Waals surface area contributed by atoms with E-state index in [0.717, 1.165) is 18.7 Å². The van der Waals surface area contributed by atoms with Gasteiger partial charge in [0.05, 0.1) is 0 Å². The van der Waals surface area contributed by atoms with E-state index < -0.39 is 6.17 Å². The number of hydrogen-bond donors (Lipinski definition) is 0. The molecule has 0 saturated heterocycles. The van der Waals surface area contributed by atoms with E-state index in [4.69, 9.17) is 0 Å². The van der Waals surface area contributed by atoms with Gasteiger partial charge >= 0.3 is 0 Å². The average Bonchev–Trinajstić information content (AvgIpc) is 2.64. The third kappa shape index (κ3) is 5.84. The summed E-state index contributed by atoms with van der Waals surface area (Å²) >= 11 is 0. The fourth-order valence-electron chi connectivity index (χ4n) is 3.08. The van der Waals surface area contributed by atoms with Crippen molar-refractivity contribution in [1.29, 1.82) is 0 Å². The van der Waals surface area contributed by atoms with Crippen molar-refractivity contribution in [1.82, 2.24) is 4.90 Å². The maximum Gasteiger partial charge on any atom is 0.117 e. The standard InChI is InChI=1S/C23H24FN/c24-23(16-20-10-4-1-5-11-20)19-25(17-21-12-6-2-7-13-21)18-22-14-8-3-9-15-22/h1-15,23H,16-19H2/t23-/m1/s1. The predicted molar refractivity (Wildman–Crippen MR) is 102 cm³/mol. The van der Waals surface area contributed by atoms with Crippen LogP contribution in [0.2, 0.25) is 0 Å². The van der Waals surface area contributed by atoms with Gasteiger partial charge in [0.1, 0.15) is 6.17 Å². The van der Waals surface area contributed by atoms with Gasteiger partial charge in [-0.1, -0.05) is 91.0 Å². The topological polar surface area (TPSA) is 3.24 Å². The molecule has 0 fully saturated rings. The zero-order chi connectivity index (χ0) is 17.3. The van der Waals surface area contributed by atoms with Gasteiger partial charge in [-0.3, -0.25) is 4.90 Å². The maximum atomic E-state index is 14.7. The Kier molecular flexibility index (Phi) is 6.35. The Morgan fingerprint density at radius 2 is 1.00 bits per heavy atom. The van der Waals surface area contributed by atoms with Crippen LogP contribution in [0.3, 0.4) is 0 Å². The van der Waals surface area contributed by atoms with Gasteiger partial charge in [0.2, 0.25) is 0 Å². The van der Waals surface area contributed by atoms with Crippen LogP contribution in [0.4, 0.5) is 4.39 Å². The fourth-order valence-corrected chi connectivity index (χ4v) is 3.08. The molecule has 0 bridgehead atoms. The van der Waals surface area contributed by atoms with E-state index >= 15 is 0 Å². The second-order valence-electron chi connectivity index (χ2n) is 6.43. The highest BCUT2D eigenvalue weighted by atomic mass is 19.1. The van der Waals surface area contributed by atoms with Gasteiger partial charge in [-0.15, -0.1) is 0 Å². The monoisotopic (exact) mass is 333 g/mol. The van der Waals surface area contributed by atoms with Gasteiger partial charge in [0.15, 0.2) is 0 Å². The first kappa shape index (κ1) is 17.4. The summed E-state index contributed by atoms with van der Waals surface area (Å²) in [4.78, 5) is 2.19. The normalized spacial score (nSPS) is 12.2. The minimum Gasteiger partial charge on any atom is -0.292 e. The Morgan fingerprint density at radius 3 is 1.44 bits per heavy atom. The molecule has 1 nitrogen and oxygen atoms in total. The first-order valence-electron chi connectivity index (χ1n) is 8.78. The van der Waals surface area contributed by atoms with Gasteiger partial charge in [-0.2, -0.15) is 0 Å². The van der Waals surface area contributed by atoms with E-state index in [1.165, 1.54) is 11.1 Å². The maximum absolute atomic E-state index is 14.7. The first-order chi connectivity index (χ1) is 12.3. The zero-order valence-electron chi connectivity index (χ0n) is 14.4. The third-order valence-electron chi connectivity index (χ3n) is 4.25. The fraction of sp³-hybridized carbons (Fsp3) is 0.217. The number of rotatable bonds is 8. The van der Waals surface area contributed by atoms with Crippen molar-refractivity contribution < 1.29 is 4.39 Å². The van der Waals surface area contributed by atoms with Crippen molar-refractivity contribution in [2.75, 3.05) is 6.54 Å². The van der Waals surface area contributed by atoms with Crippen LogP contribution in [0.25, 0.3) is 0 Å². The smallest absolute Gasteiger partial charge is 0.117 e. The van der Waals surface area contributed by atoms with E-state index in [1.807, 2.05) is 66.7 Å². The molecule has 1 atom stereocenters. The first-order valence-corrected chi connectivity index (χ1v) is 8.78. The molecule has 0 heterocycles. The number of benzene rings is 3. The van der Waals surface area contributed by atoms with Crippen molar-refractivity contribution in [2.45, 2.75) is 25.7 Å². The molecule has 0 N–H and O–H groups in total. The van der Waals surface area contributed by atoms with Crippen LogP contribution >= 0.6 is 0 Å². The van der Waals surface area contributed by atoms with Crippen molar-refractivity contribution in [3.63, 3.8) is 0 Å². The lowest BCUT2D eigenvalue weighted by Crippen LogP contribution is -2.30. The van der Waals surface area contributed by atoms with Gasteiger partial charge < -0.3 is 0 Å². The molecule has 0 saturated carbocycles. The quantitative estimate of drug-likeness (QED) is 0.543. The Morgan fingerprint density at radius 1 is 0.600 bits per heavy atom. The van der Waals surface area contributed by atoms with Gasteiger partial charge in [-0.25, -0.2) is 4.39 Å². The summed E-state index contributed by atoms with van der Waals surface area (Å²) in [5.41, 5.74) is 3.48. The molecule has 0 unspecified atom stereocenters. The molecule has 2 heteroatoms. The highest BCUT2D eigenvalue weighted by molar-refractivity contribution is 5.18. The van der Waals surface area contributed by atoms with Crippen LogP contribution in [0.5, 0.6) is 0 Å². The molecule has 3 aromatic rings. The van der Waals surface area contributed by atoms with Gasteiger partial charge in [0.25, 0.3) is 0 Å². The Hall–Kier alpha value is -2.45. The SMILES string of the molecule is F[C@H](Cc1ccccc1)CN(Cc1ccccc1)Cc1ccccc1. The van der Waals surface area contributed by atoms with Crippen LogP contribution in [-0.2, 0) is 19.5 Å². The summed E-state index contributed by atoms with van der Waals surface area (Å²) in [5, 5.41) is 0. The van der Waals surface area contributed by atoms with Crippen molar-refractivity contribution >= 4 is 0 Å². The summed E-state index contributed by atoms with van der Waals surface area (Å²) in [7, 11) is 0. The lowest BCUT2D eigenvalue weighted by molar-refractivity contribution is 0.177. The molecular formula is C23H24FN. The molecule has 25 heavy (non-hydrogen) atoms. The molecule has 0 aliphatic carbocycles. The van der Waals surface area contributed by atoms with Crippen LogP contribution in [0, 0.1) is 0 Å². The van der Waals surface area contributed by atoms with Crippen LogP contribution < -0.4 is 0 Å². The average molecular weight is 333 g/mol. The Bertz CT molecular complexity index is 686. The van der Waals surface area contributed by atoms with E-state index in [2.05, 4.69) is 29.2 Å². The lowest BCUT2D eigenvalue weighted by atomic mass is 10.1. The minimum absolute atomic E-state index is 0.429. The molecule has 3 aromatic carbocycles. The number of alkyl halides is 1. The van der Waals surface area contributed by atoms with Crippen molar-refractivity contribution in [3.05, 3.63) is 108 Å². The molecule has 3 rings (SSSR count). The number of nitrogens with zero attached hydrogens (tertiary/aromatic N) is 1. The zero-order valence-corrected chi connectivity index (χ0v) is 14.4.